The third-order valence-electron chi connectivity index (χ3n) is 5.61. The number of piperidine rings is 1. The third kappa shape index (κ3) is 3.82. The molecule has 3 heterocycles. The van der Waals surface area contributed by atoms with E-state index in [1.54, 1.807) is 0 Å². The second kappa shape index (κ2) is 7.26. The molecular formula is C19H32N4O. The van der Waals surface area contributed by atoms with E-state index in [4.69, 9.17) is 5.10 Å². The fourth-order valence-electron chi connectivity index (χ4n) is 3.96. The maximum Gasteiger partial charge on any atom is 0.225 e. The predicted octanol–water partition coefficient (Wildman–Crippen LogP) is 2.75. The van der Waals surface area contributed by atoms with Gasteiger partial charge in [0.15, 0.2) is 0 Å². The SMILES string of the molecule is CC(C)C(=O)N1CCn2nc(CN3CCC(C(C)C)CC3)cc2C1. The fraction of sp³-hybridized carbons (Fsp3) is 0.789. The van der Waals surface area contributed by atoms with Gasteiger partial charge in [0.2, 0.25) is 5.91 Å². The molecule has 1 amide bonds. The first-order valence-electron chi connectivity index (χ1n) is 9.50. The van der Waals surface area contributed by atoms with Crippen molar-refractivity contribution in [3.05, 3.63) is 17.5 Å². The standard InChI is InChI=1S/C19H32N4O/c1-14(2)16-5-7-21(8-6-16)12-17-11-18-13-22(19(24)15(3)4)9-10-23(18)20-17/h11,14-16H,5-10,12-13H2,1-4H3. The first-order chi connectivity index (χ1) is 11.4. The molecule has 24 heavy (non-hydrogen) atoms. The van der Waals surface area contributed by atoms with Gasteiger partial charge >= 0.3 is 0 Å². The van der Waals surface area contributed by atoms with Crippen molar-refractivity contribution in [1.29, 1.82) is 0 Å². The van der Waals surface area contributed by atoms with Crippen LogP contribution in [0.25, 0.3) is 0 Å². The van der Waals surface area contributed by atoms with Gasteiger partial charge in [0.05, 0.1) is 24.5 Å². The summed E-state index contributed by atoms with van der Waals surface area (Å²) in [6.45, 7) is 14.3. The summed E-state index contributed by atoms with van der Waals surface area (Å²) in [5, 5.41) is 4.77. The van der Waals surface area contributed by atoms with Gasteiger partial charge in [0, 0.05) is 19.0 Å². The highest BCUT2D eigenvalue weighted by Gasteiger charge is 2.25. The van der Waals surface area contributed by atoms with Crippen molar-refractivity contribution in [2.75, 3.05) is 19.6 Å². The van der Waals surface area contributed by atoms with Gasteiger partial charge in [-0.25, -0.2) is 0 Å². The molecule has 134 valence electrons. The van der Waals surface area contributed by atoms with Crippen molar-refractivity contribution in [3.8, 4) is 0 Å². The smallest absolute Gasteiger partial charge is 0.225 e. The Balaban J connectivity index is 1.57. The number of nitrogens with zero attached hydrogens (tertiary/aromatic N) is 4. The normalized spacial score (nSPS) is 20.0. The topological polar surface area (TPSA) is 41.4 Å². The van der Waals surface area contributed by atoms with Crippen LogP contribution in [0.5, 0.6) is 0 Å². The van der Waals surface area contributed by atoms with Crippen LogP contribution in [-0.2, 0) is 24.4 Å². The van der Waals surface area contributed by atoms with Crippen LogP contribution in [0.1, 0.15) is 51.9 Å². The highest BCUT2D eigenvalue weighted by molar-refractivity contribution is 5.78. The molecule has 1 aromatic rings. The van der Waals surface area contributed by atoms with Gasteiger partial charge in [0.1, 0.15) is 0 Å². The summed E-state index contributed by atoms with van der Waals surface area (Å²) in [6.07, 6.45) is 2.61. The van der Waals surface area contributed by atoms with E-state index in [9.17, 15) is 4.79 Å². The van der Waals surface area contributed by atoms with E-state index in [0.29, 0.717) is 6.54 Å². The largest absolute Gasteiger partial charge is 0.335 e. The number of likely N-dealkylation sites (tertiary alicyclic amines) is 1. The summed E-state index contributed by atoms with van der Waals surface area (Å²) in [6, 6.07) is 2.20. The van der Waals surface area contributed by atoms with Crippen LogP contribution in [0.4, 0.5) is 0 Å². The summed E-state index contributed by atoms with van der Waals surface area (Å²) in [4.78, 5) is 16.7. The van der Waals surface area contributed by atoms with E-state index < -0.39 is 0 Å². The van der Waals surface area contributed by atoms with Crippen molar-refractivity contribution in [3.63, 3.8) is 0 Å². The third-order valence-corrected chi connectivity index (χ3v) is 5.61. The van der Waals surface area contributed by atoms with Gasteiger partial charge in [-0.2, -0.15) is 5.10 Å². The summed E-state index contributed by atoms with van der Waals surface area (Å²) in [7, 11) is 0. The molecule has 0 atom stereocenters. The van der Waals surface area contributed by atoms with E-state index in [-0.39, 0.29) is 11.8 Å². The lowest BCUT2D eigenvalue weighted by Gasteiger charge is -2.33. The van der Waals surface area contributed by atoms with Crippen molar-refractivity contribution < 1.29 is 4.79 Å². The quantitative estimate of drug-likeness (QED) is 0.851. The van der Waals surface area contributed by atoms with Gasteiger partial charge in [-0.05, 0) is 43.8 Å². The average Bonchev–Trinajstić information content (AvgIpc) is 2.95. The Hall–Kier alpha value is -1.36. The van der Waals surface area contributed by atoms with E-state index in [2.05, 4.69) is 29.5 Å². The maximum absolute atomic E-state index is 12.2. The molecule has 0 radical (unpaired) electrons. The molecule has 0 aromatic carbocycles. The fourth-order valence-corrected chi connectivity index (χ4v) is 3.96. The molecule has 0 aliphatic carbocycles. The summed E-state index contributed by atoms with van der Waals surface area (Å²) < 4.78 is 2.10. The van der Waals surface area contributed by atoms with Crippen molar-refractivity contribution >= 4 is 5.91 Å². The molecule has 0 N–H and O–H groups in total. The van der Waals surface area contributed by atoms with Crippen LogP contribution in [0, 0.1) is 17.8 Å². The number of carbonyl (C=O) groups excluding carboxylic acids is 1. The average molecular weight is 332 g/mol. The monoisotopic (exact) mass is 332 g/mol. The van der Waals surface area contributed by atoms with E-state index in [0.717, 1.165) is 37.2 Å². The minimum atomic E-state index is 0.0706. The number of carbonyl (C=O) groups is 1. The van der Waals surface area contributed by atoms with Gasteiger partial charge in [-0.1, -0.05) is 27.7 Å². The predicted molar refractivity (Wildman–Crippen MR) is 95.3 cm³/mol. The Bertz CT molecular complexity index is 570. The molecule has 1 aromatic heterocycles. The first kappa shape index (κ1) is 17.5. The second-order valence-electron chi connectivity index (χ2n) is 8.12. The first-order valence-corrected chi connectivity index (χ1v) is 9.50. The van der Waals surface area contributed by atoms with Gasteiger partial charge in [-0.15, -0.1) is 0 Å². The minimum absolute atomic E-state index is 0.0706. The second-order valence-corrected chi connectivity index (χ2v) is 8.12. The summed E-state index contributed by atoms with van der Waals surface area (Å²) >= 11 is 0. The van der Waals surface area contributed by atoms with E-state index in [1.807, 2.05) is 18.7 Å². The Morgan fingerprint density at radius 3 is 2.50 bits per heavy atom. The summed E-state index contributed by atoms with van der Waals surface area (Å²) in [5.74, 6) is 2.00. The van der Waals surface area contributed by atoms with Crippen LogP contribution in [-0.4, -0.2) is 45.1 Å². The number of fused-ring (bicyclic) bond motifs is 1. The molecule has 1 fully saturated rings. The van der Waals surface area contributed by atoms with Gasteiger partial charge in [0.25, 0.3) is 0 Å². The zero-order chi connectivity index (χ0) is 17.3. The van der Waals surface area contributed by atoms with Crippen LogP contribution in [0.2, 0.25) is 0 Å². The zero-order valence-electron chi connectivity index (χ0n) is 15.7. The number of hydrogen-bond donors (Lipinski definition) is 0. The zero-order valence-corrected chi connectivity index (χ0v) is 15.7. The van der Waals surface area contributed by atoms with Crippen molar-refractivity contribution in [2.45, 2.75) is 60.2 Å². The Labute approximate surface area is 146 Å². The highest BCUT2D eigenvalue weighted by atomic mass is 16.2. The minimum Gasteiger partial charge on any atom is -0.335 e. The Morgan fingerprint density at radius 1 is 1.17 bits per heavy atom. The molecule has 3 rings (SSSR count). The molecule has 2 aliphatic heterocycles. The van der Waals surface area contributed by atoms with E-state index >= 15 is 0 Å². The highest BCUT2D eigenvalue weighted by Crippen LogP contribution is 2.25. The van der Waals surface area contributed by atoms with Crippen LogP contribution >= 0.6 is 0 Å². The van der Waals surface area contributed by atoms with Crippen LogP contribution in [0.15, 0.2) is 6.07 Å². The Kier molecular flexibility index (Phi) is 5.28. The van der Waals surface area contributed by atoms with Crippen molar-refractivity contribution in [2.24, 2.45) is 17.8 Å². The summed E-state index contributed by atoms with van der Waals surface area (Å²) in [5.41, 5.74) is 2.34. The molecule has 0 spiro atoms. The molecule has 0 saturated carbocycles. The maximum atomic E-state index is 12.2. The molecule has 5 heteroatoms. The van der Waals surface area contributed by atoms with Crippen LogP contribution in [0.3, 0.4) is 0 Å². The molecule has 0 bridgehead atoms. The van der Waals surface area contributed by atoms with Gasteiger partial charge < -0.3 is 4.90 Å². The Morgan fingerprint density at radius 2 is 1.88 bits per heavy atom. The molecule has 0 unspecified atom stereocenters. The van der Waals surface area contributed by atoms with Crippen LogP contribution < -0.4 is 0 Å². The molecular weight excluding hydrogens is 300 g/mol. The lowest BCUT2D eigenvalue weighted by molar-refractivity contribution is -0.136. The number of amides is 1. The van der Waals surface area contributed by atoms with E-state index in [1.165, 1.54) is 31.6 Å². The lowest BCUT2D eigenvalue weighted by atomic mass is 9.87. The number of hydrogen-bond acceptors (Lipinski definition) is 3. The number of aromatic nitrogens is 2. The molecule has 5 nitrogen and oxygen atoms in total. The molecule has 2 aliphatic rings. The molecule has 1 saturated heterocycles. The van der Waals surface area contributed by atoms with Crippen molar-refractivity contribution in [1.82, 2.24) is 19.6 Å². The number of rotatable bonds is 4. The lowest BCUT2D eigenvalue weighted by Crippen LogP contribution is -2.40. The van der Waals surface area contributed by atoms with Gasteiger partial charge in [-0.3, -0.25) is 14.4 Å².